The second kappa shape index (κ2) is 7.81. The maximum absolute atomic E-state index is 11.5. The number of Topliss-reactive ketones (excluding diaryl/α,β-unsaturated/α-hetero) is 1. The number of pyridine rings is 1. The van der Waals surface area contributed by atoms with Gasteiger partial charge in [-0.25, -0.2) is 4.98 Å². The Morgan fingerprint density at radius 3 is 2.72 bits per heavy atom. The normalized spacial score (nSPS) is 9.22. The summed E-state index contributed by atoms with van der Waals surface area (Å²) in [5.74, 6) is 0.652. The first kappa shape index (κ1) is 17.5. The molecule has 0 fully saturated rings. The number of ketones is 1. The lowest BCUT2D eigenvalue weighted by atomic mass is 10.3. The number of alkyl halides is 1. The lowest BCUT2D eigenvalue weighted by molar-refractivity contribution is 0.101. The Balaban J connectivity index is 0.00000144. The topological polar surface area (TPSA) is 58.6 Å². The number of rotatable bonds is 3. The van der Waals surface area contributed by atoms with Gasteiger partial charge in [0.1, 0.15) is 11.5 Å². The summed E-state index contributed by atoms with van der Waals surface area (Å²) in [6.07, 6.45) is 3.41. The average Bonchev–Trinajstić information content (AvgIpc) is 2.71. The SMILES string of the molecule is Br.Br.Cc1[nH]c(-c2cccnc2)nc1C(=O)CBr. The van der Waals surface area contributed by atoms with Gasteiger partial charge in [-0.15, -0.1) is 34.0 Å². The Hall–Kier alpha value is -0.530. The molecule has 0 radical (unpaired) electrons. The molecule has 7 heteroatoms. The van der Waals surface area contributed by atoms with E-state index in [-0.39, 0.29) is 45.1 Å². The summed E-state index contributed by atoms with van der Waals surface area (Å²) >= 11 is 3.14. The number of halogens is 3. The van der Waals surface area contributed by atoms with E-state index in [4.69, 9.17) is 0 Å². The number of aromatic nitrogens is 3. The number of imidazole rings is 1. The van der Waals surface area contributed by atoms with Gasteiger partial charge < -0.3 is 4.98 Å². The largest absolute Gasteiger partial charge is 0.341 e. The van der Waals surface area contributed by atoms with Gasteiger partial charge in [0, 0.05) is 23.7 Å². The third-order valence-electron chi connectivity index (χ3n) is 2.21. The predicted octanol–water partition coefficient (Wildman–Crippen LogP) is 3.51. The Kier molecular flexibility index (Phi) is 7.58. The molecule has 1 N–H and O–H groups in total. The van der Waals surface area contributed by atoms with Crippen LogP contribution in [0.15, 0.2) is 24.5 Å². The summed E-state index contributed by atoms with van der Waals surface area (Å²) in [7, 11) is 0. The zero-order chi connectivity index (χ0) is 11.5. The van der Waals surface area contributed by atoms with E-state index in [2.05, 4.69) is 30.9 Å². The fraction of sp³-hybridized carbons (Fsp3) is 0.182. The second-order valence-corrected chi connectivity index (χ2v) is 3.92. The van der Waals surface area contributed by atoms with E-state index in [1.807, 2.05) is 19.1 Å². The van der Waals surface area contributed by atoms with Gasteiger partial charge in [0.15, 0.2) is 5.78 Å². The van der Waals surface area contributed by atoms with E-state index in [0.717, 1.165) is 11.3 Å². The number of H-pyrrole nitrogens is 1. The van der Waals surface area contributed by atoms with Crippen LogP contribution in [-0.2, 0) is 0 Å². The number of nitrogens with zero attached hydrogens (tertiary/aromatic N) is 2. The van der Waals surface area contributed by atoms with Crippen LogP contribution in [0.25, 0.3) is 11.4 Å². The summed E-state index contributed by atoms with van der Waals surface area (Å²) in [6.45, 7) is 1.84. The summed E-state index contributed by atoms with van der Waals surface area (Å²) in [4.78, 5) is 22.9. The second-order valence-electron chi connectivity index (χ2n) is 3.36. The Bertz CT molecular complexity index is 514. The van der Waals surface area contributed by atoms with Crippen molar-refractivity contribution in [3.05, 3.63) is 35.9 Å². The maximum atomic E-state index is 11.5. The van der Waals surface area contributed by atoms with Gasteiger partial charge in [0.05, 0.1) is 5.33 Å². The van der Waals surface area contributed by atoms with Gasteiger partial charge in [0.2, 0.25) is 0 Å². The molecule has 2 aromatic heterocycles. The summed E-state index contributed by atoms with van der Waals surface area (Å²) < 4.78 is 0. The quantitative estimate of drug-likeness (QED) is 0.585. The molecule has 0 amide bonds. The van der Waals surface area contributed by atoms with E-state index in [1.54, 1.807) is 12.4 Å². The molecule has 0 bridgehead atoms. The predicted molar refractivity (Wildman–Crippen MR) is 85.3 cm³/mol. The van der Waals surface area contributed by atoms with Crippen LogP contribution in [0.4, 0.5) is 0 Å². The fourth-order valence-electron chi connectivity index (χ4n) is 1.43. The number of aromatic amines is 1. The van der Waals surface area contributed by atoms with Gasteiger partial charge >= 0.3 is 0 Å². The number of aryl methyl sites for hydroxylation is 1. The standard InChI is InChI=1S/C11H10BrN3O.2BrH/c1-7-10(9(16)5-12)15-11(14-7)8-3-2-4-13-6-8;;/h2-4,6H,5H2,1H3,(H,14,15);2*1H. The molecular weight excluding hydrogens is 430 g/mol. The molecule has 0 aliphatic heterocycles. The molecular formula is C11H12Br3N3O. The van der Waals surface area contributed by atoms with Crippen molar-refractivity contribution in [1.29, 1.82) is 0 Å². The lowest BCUT2D eigenvalue weighted by Crippen LogP contribution is -2.02. The number of hydrogen-bond acceptors (Lipinski definition) is 3. The molecule has 98 valence electrons. The van der Waals surface area contributed by atoms with Crippen LogP contribution in [0.2, 0.25) is 0 Å². The molecule has 18 heavy (non-hydrogen) atoms. The van der Waals surface area contributed by atoms with Crippen molar-refractivity contribution in [2.24, 2.45) is 0 Å². The molecule has 0 spiro atoms. The van der Waals surface area contributed by atoms with Gasteiger partial charge in [-0.3, -0.25) is 9.78 Å². The molecule has 0 aromatic carbocycles. The van der Waals surface area contributed by atoms with Gasteiger partial charge in [-0.05, 0) is 19.1 Å². The minimum absolute atomic E-state index is 0. The third-order valence-corrected chi connectivity index (χ3v) is 2.71. The number of hydrogen-bond donors (Lipinski definition) is 1. The Morgan fingerprint density at radius 1 is 1.44 bits per heavy atom. The lowest BCUT2D eigenvalue weighted by Gasteiger charge is -1.93. The molecule has 2 heterocycles. The molecule has 0 saturated heterocycles. The number of carbonyl (C=O) groups excluding carboxylic acids is 1. The molecule has 2 rings (SSSR count). The van der Waals surface area contributed by atoms with Crippen molar-refractivity contribution in [3.63, 3.8) is 0 Å². The highest BCUT2D eigenvalue weighted by Gasteiger charge is 2.14. The molecule has 4 nitrogen and oxygen atoms in total. The van der Waals surface area contributed by atoms with Gasteiger partial charge in [-0.2, -0.15) is 0 Å². The zero-order valence-corrected chi connectivity index (χ0v) is 14.5. The van der Waals surface area contributed by atoms with E-state index in [9.17, 15) is 4.79 Å². The minimum Gasteiger partial charge on any atom is -0.341 e. The van der Waals surface area contributed by atoms with E-state index in [0.29, 0.717) is 11.5 Å². The van der Waals surface area contributed by atoms with Crippen LogP contribution >= 0.6 is 49.9 Å². The van der Waals surface area contributed by atoms with E-state index in [1.165, 1.54) is 0 Å². The molecule has 0 atom stereocenters. The maximum Gasteiger partial charge on any atom is 0.193 e. The number of nitrogens with one attached hydrogen (secondary N) is 1. The summed E-state index contributed by atoms with van der Waals surface area (Å²) in [5, 5.41) is 0.283. The average molecular weight is 442 g/mol. The smallest absolute Gasteiger partial charge is 0.193 e. The molecule has 0 aliphatic rings. The third kappa shape index (κ3) is 3.73. The van der Waals surface area contributed by atoms with Crippen LogP contribution in [0.3, 0.4) is 0 Å². The fourth-order valence-corrected chi connectivity index (χ4v) is 1.70. The van der Waals surface area contributed by atoms with Crippen LogP contribution < -0.4 is 0 Å². The first-order valence-electron chi connectivity index (χ1n) is 4.78. The van der Waals surface area contributed by atoms with Crippen LogP contribution in [0, 0.1) is 6.92 Å². The van der Waals surface area contributed by atoms with Crippen molar-refractivity contribution < 1.29 is 4.79 Å². The molecule has 0 saturated carbocycles. The molecule has 2 aromatic rings. The molecule has 0 aliphatic carbocycles. The van der Waals surface area contributed by atoms with E-state index < -0.39 is 0 Å². The van der Waals surface area contributed by atoms with Gasteiger partial charge in [0.25, 0.3) is 0 Å². The first-order valence-corrected chi connectivity index (χ1v) is 5.90. The Morgan fingerprint density at radius 2 is 2.17 bits per heavy atom. The highest BCUT2D eigenvalue weighted by Crippen LogP contribution is 2.17. The summed E-state index contributed by atoms with van der Waals surface area (Å²) in [6, 6.07) is 3.73. The summed E-state index contributed by atoms with van der Waals surface area (Å²) in [5.41, 5.74) is 2.14. The highest BCUT2D eigenvalue weighted by atomic mass is 79.9. The van der Waals surface area contributed by atoms with E-state index >= 15 is 0 Å². The van der Waals surface area contributed by atoms with Gasteiger partial charge in [-0.1, -0.05) is 15.9 Å². The first-order chi connectivity index (χ1) is 7.72. The van der Waals surface area contributed by atoms with Crippen LogP contribution in [0.1, 0.15) is 16.2 Å². The Labute approximate surface area is 134 Å². The monoisotopic (exact) mass is 439 g/mol. The van der Waals surface area contributed by atoms with Crippen molar-refractivity contribution in [3.8, 4) is 11.4 Å². The highest BCUT2D eigenvalue weighted by molar-refractivity contribution is 9.09. The zero-order valence-electron chi connectivity index (χ0n) is 9.51. The van der Waals surface area contributed by atoms with Crippen LogP contribution in [-0.4, -0.2) is 26.1 Å². The number of carbonyl (C=O) groups is 1. The van der Waals surface area contributed by atoms with Crippen molar-refractivity contribution in [2.75, 3.05) is 5.33 Å². The minimum atomic E-state index is -0.0242. The van der Waals surface area contributed by atoms with Crippen LogP contribution in [0.5, 0.6) is 0 Å². The van der Waals surface area contributed by atoms with Crippen molar-refractivity contribution >= 4 is 55.7 Å². The molecule has 0 unspecified atom stereocenters. The van der Waals surface area contributed by atoms with Crippen molar-refractivity contribution in [1.82, 2.24) is 15.0 Å². The van der Waals surface area contributed by atoms with Crippen molar-refractivity contribution in [2.45, 2.75) is 6.92 Å².